The van der Waals surface area contributed by atoms with E-state index in [1.165, 1.54) is 22.0 Å². The van der Waals surface area contributed by atoms with Gasteiger partial charge in [0.15, 0.2) is 0 Å². The maximum atomic E-state index is 13.7. The van der Waals surface area contributed by atoms with Crippen LogP contribution in [0.2, 0.25) is 0 Å². The second-order valence-corrected chi connectivity index (χ2v) is 10.2. The molecule has 4 rings (SSSR count). The van der Waals surface area contributed by atoms with Crippen LogP contribution in [0.15, 0.2) is 44.3 Å². The lowest BCUT2D eigenvalue weighted by molar-refractivity contribution is 0.0826. The van der Waals surface area contributed by atoms with Crippen LogP contribution in [-0.4, -0.2) is 39.7 Å². The Balaban J connectivity index is 1.83. The summed E-state index contributed by atoms with van der Waals surface area (Å²) >= 11 is 1.56. The lowest BCUT2D eigenvalue weighted by atomic mass is 9.95. The molecule has 0 radical (unpaired) electrons. The van der Waals surface area contributed by atoms with Gasteiger partial charge in [0.05, 0.1) is 12.1 Å². The van der Waals surface area contributed by atoms with E-state index in [0.717, 1.165) is 37.0 Å². The minimum atomic E-state index is -0.562. The summed E-state index contributed by atoms with van der Waals surface area (Å²) in [6.45, 7) is 1.99. The van der Waals surface area contributed by atoms with Gasteiger partial charge in [-0.2, -0.15) is 0 Å². The zero-order valence-corrected chi connectivity index (χ0v) is 21.5. The molecule has 1 atom stereocenters. The van der Waals surface area contributed by atoms with Gasteiger partial charge in [-0.15, -0.1) is 11.3 Å². The van der Waals surface area contributed by atoms with E-state index in [4.69, 9.17) is 0 Å². The number of anilines is 3. The number of nitrogens with zero attached hydrogens (tertiary/aromatic N) is 2. The number of aromatic nitrogens is 3. The van der Waals surface area contributed by atoms with Crippen molar-refractivity contribution in [2.24, 2.45) is 0 Å². The number of aromatic amines is 2. The number of rotatable bonds is 8. The number of nitrogens with one attached hydrogen (secondary N) is 4. The van der Waals surface area contributed by atoms with Crippen molar-refractivity contribution in [2.45, 2.75) is 57.5 Å². The number of H-pyrrole nitrogens is 2. The summed E-state index contributed by atoms with van der Waals surface area (Å²) in [6.07, 6.45) is 8.04. The molecule has 192 valence electrons. The molecule has 1 aliphatic carbocycles. The summed E-state index contributed by atoms with van der Waals surface area (Å²) in [7, 11) is 3.11. The van der Waals surface area contributed by atoms with Crippen LogP contribution < -0.4 is 27.2 Å². The van der Waals surface area contributed by atoms with E-state index in [9.17, 15) is 19.2 Å². The van der Waals surface area contributed by atoms with Crippen LogP contribution in [0, 0.1) is 0 Å². The van der Waals surface area contributed by atoms with Crippen LogP contribution in [0.3, 0.4) is 0 Å². The van der Waals surface area contributed by atoms with Crippen LogP contribution in [0.4, 0.5) is 17.1 Å². The van der Waals surface area contributed by atoms with Crippen molar-refractivity contribution in [1.82, 2.24) is 19.7 Å². The summed E-state index contributed by atoms with van der Waals surface area (Å²) in [6, 6.07) is 3.59. The Morgan fingerprint density at radius 1 is 1.17 bits per heavy atom. The van der Waals surface area contributed by atoms with Crippen molar-refractivity contribution in [3.63, 3.8) is 0 Å². The SMILES string of the molecule is CCC(Nc1c(Nc2c[nH]cc(C(=O)N(C)C)c2=O)c(=O)n(C2CCCCC2)[nH]c1=O)c1cccs1. The predicted octanol–water partition coefficient (Wildman–Crippen LogP) is 3.80. The Kier molecular flexibility index (Phi) is 7.78. The maximum Gasteiger partial charge on any atom is 0.291 e. The molecule has 0 aliphatic heterocycles. The third-order valence-electron chi connectivity index (χ3n) is 6.53. The average Bonchev–Trinajstić information content (AvgIpc) is 3.41. The quantitative estimate of drug-likeness (QED) is 0.363. The van der Waals surface area contributed by atoms with Gasteiger partial charge < -0.3 is 20.5 Å². The fourth-order valence-corrected chi connectivity index (χ4v) is 5.42. The zero-order chi connectivity index (χ0) is 25.8. The van der Waals surface area contributed by atoms with Crippen LogP contribution >= 0.6 is 11.3 Å². The summed E-state index contributed by atoms with van der Waals surface area (Å²) < 4.78 is 1.39. The van der Waals surface area contributed by atoms with Crippen molar-refractivity contribution in [3.8, 4) is 0 Å². The van der Waals surface area contributed by atoms with Crippen LogP contribution in [0.5, 0.6) is 0 Å². The molecule has 4 N–H and O–H groups in total. The molecule has 1 amide bonds. The van der Waals surface area contributed by atoms with Gasteiger partial charge in [0.25, 0.3) is 17.0 Å². The first-order valence-corrected chi connectivity index (χ1v) is 13.1. The first-order valence-electron chi connectivity index (χ1n) is 12.2. The highest BCUT2D eigenvalue weighted by Gasteiger charge is 2.25. The van der Waals surface area contributed by atoms with Gasteiger partial charge >= 0.3 is 0 Å². The molecule has 0 spiro atoms. The molecule has 1 aliphatic rings. The van der Waals surface area contributed by atoms with Crippen LogP contribution in [-0.2, 0) is 0 Å². The fraction of sp³-hybridized carbons (Fsp3) is 0.440. The van der Waals surface area contributed by atoms with Crippen LogP contribution in [0.25, 0.3) is 0 Å². The molecule has 1 fully saturated rings. The van der Waals surface area contributed by atoms with E-state index in [1.54, 1.807) is 25.4 Å². The molecule has 3 aromatic heterocycles. The minimum Gasteiger partial charge on any atom is -0.371 e. The highest BCUT2D eigenvalue weighted by molar-refractivity contribution is 7.10. The number of thiophene rings is 1. The lowest BCUT2D eigenvalue weighted by Gasteiger charge is -2.25. The molecule has 1 saturated carbocycles. The minimum absolute atomic E-state index is 0.00724. The first-order chi connectivity index (χ1) is 17.3. The largest absolute Gasteiger partial charge is 0.371 e. The van der Waals surface area contributed by atoms with Gasteiger partial charge in [-0.05, 0) is 30.7 Å². The van der Waals surface area contributed by atoms with E-state index in [0.29, 0.717) is 6.42 Å². The van der Waals surface area contributed by atoms with Gasteiger partial charge in [-0.3, -0.25) is 24.3 Å². The third kappa shape index (κ3) is 5.15. The Morgan fingerprint density at radius 2 is 1.92 bits per heavy atom. The molecule has 0 bridgehead atoms. The van der Waals surface area contributed by atoms with Gasteiger partial charge in [0, 0.05) is 31.4 Å². The second kappa shape index (κ2) is 11.0. The number of pyridine rings is 1. The average molecular weight is 513 g/mol. The molecule has 0 aromatic carbocycles. The normalized spacial score (nSPS) is 14.9. The summed E-state index contributed by atoms with van der Waals surface area (Å²) in [5, 5.41) is 10.9. The molecule has 36 heavy (non-hydrogen) atoms. The van der Waals surface area contributed by atoms with Crippen molar-refractivity contribution in [3.05, 3.63) is 71.3 Å². The first kappa shape index (κ1) is 25.5. The number of hydrogen-bond donors (Lipinski definition) is 4. The number of amides is 1. The Hall–Kier alpha value is -3.60. The molecule has 3 aromatic rings. The maximum absolute atomic E-state index is 13.7. The lowest BCUT2D eigenvalue weighted by Crippen LogP contribution is -2.37. The molecular formula is C25H32N6O4S. The molecule has 3 heterocycles. The third-order valence-corrected chi connectivity index (χ3v) is 7.51. The molecule has 0 saturated heterocycles. The summed E-state index contributed by atoms with van der Waals surface area (Å²) in [5.41, 5.74) is -1.44. The number of carbonyl (C=O) groups is 1. The van der Waals surface area contributed by atoms with Crippen molar-refractivity contribution >= 4 is 34.3 Å². The van der Waals surface area contributed by atoms with Gasteiger partial charge in [-0.25, -0.2) is 4.68 Å². The Bertz CT molecular complexity index is 1380. The van der Waals surface area contributed by atoms with E-state index in [-0.39, 0.29) is 34.7 Å². The van der Waals surface area contributed by atoms with Crippen molar-refractivity contribution in [1.29, 1.82) is 0 Å². The molecular weight excluding hydrogens is 480 g/mol. The fourth-order valence-electron chi connectivity index (χ4n) is 4.56. The molecule has 10 nitrogen and oxygen atoms in total. The Labute approximate surface area is 212 Å². The second-order valence-electron chi connectivity index (χ2n) is 9.21. The molecule has 1 unspecified atom stereocenters. The Morgan fingerprint density at radius 3 is 2.56 bits per heavy atom. The van der Waals surface area contributed by atoms with E-state index < -0.39 is 22.5 Å². The van der Waals surface area contributed by atoms with E-state index >= 15 is 0 Å². The van der Waals surface area contributed by atoms with Gasteiger partial charge in [0.1, 0.15) is 22.6 Å². The van der Waals surface area contributed by atoms with Crippen LogP contribution in [0.1, 0.15) is 72.8 Å². The van der Waals surface area contributed by atoms with Gasteiger partial charge in [-0.1, -0.05) is 32.3 Å². The summed E-state index contributed by atoms with van der Waals surface area (Å²) in [5.74, 6) is -0.465. The van der Waals surface area contributed by atoms with Crippen molar-refractivity contribution in [2.75, 3.05) is 24.7 Å². The number of hydrogen-bond acceptors (Lipinski definition) is 7. The summed E-state index contributed by atoms with van der Waals surface area (Å²) in [4.78, 5) is 57.9. The number of carbonyl (C=O) groups excluding carboxylic acids is 1. The predicted molar refractivity (Wildman–Crippen MR) is 143 cm³/mol. The standard InChI is InChI=1S/C25H32N6O4S/c1-4-17(19-11-8-12-36-19)27-20-21(25(35)31(29-23(20)33)15-9-6-5-7-10-15)28-18-14-26-13-16(22(18)32)24(34)30(2)3/h8,11-15,17,27-28H,4-7,9-10H2,1-3H3,(H,26,32)(H,29,33). The highest BCUT2D eigenvalue weighted by atomic mass is 32.1. The topological polar surface area (TPSA) is 132 Å². The van der Waals surface area contributed by atoms with E-state index in [1.807, 2.05) is 24.4 Å². The smallest absolute Gasteiger partial charge is 0.291 e. The zero-order valence-electron chi connectivity index (χ0n) is 20.7. The van der Waals surface area contributed by atoms with Gasteiger partial charge in [0.2, 0.25) is 5.43 Å². The van der Waals surface area contributed by atoms with E-state index in [2.05, 4.69) is 20.7 Å². The highest BCUT2D eigenvalue weighted by Crippen LogP contribution is 2.30. The molecule has 11 heteroatoms. The monoisotopic (exact) mass is 512 g/mol. The van der Waals surface area contributed by atoms with Crippen molar-refractivity contribution < 1.29 is 4.79 Å².